The Bertz CT molecular complexity index is 363. The lowest BCUT2D eigenvalue weighted by atomic mass is 10.1. The molecule has 1 aromatic carbocycles. The van der Waals surface area contributed by atoms with Gasteiger partial charge < -0.3 is 15.2 Å². The first-order valence-corrected chi connectivity index (χ1v) is 6.50. The number of rotatable bonds is 6. The summed E-state index contributed by atoms with van der Waals surface area (Å²) in [7, 11) is 0. The Kier molecular flexibility index (Phi) is 6.09. The molecule has 102 valence electrons. The SMILES string of the molecule is CC(C)(C)NCC(O)COCc1ccccc1Cl. The molecule has 0 amide bonds. The minimum atomic E-state index is -0.508. The molecule has 0 fully saturated rings. The molecule has 1 unspecified atom stereocenters. The number of hydrogen-bond acceptors (Lipinski definition) is 3. The van der Waals surface area contributed by atoms with Crippen LogP contribution in [0.3, 0.4) is 0 Å². The first-order chi connectivity index (χ1) is 8.38. The topological polar surface area (TPSA) is 41.5 Å². The molecule has 4 heteroatoms. The van der Waals surface area contributed by atoms with Crippen LogP contribution >= 0.6 is 11.6 Å². The van der Waals surface area contributed by atoms with Crippen molar-refractivity contribution in [2.75, 3.05) is 13.2 Å². The summed E-state index contributed by atoms with van der Waals surface area (Å²) in [5, 5.41) is 13.7. The molecule has 3 nitrogen and oxygen atoms in total. The Morgan fingerprint density at radius 3 is 2.61 bits per heavy atom. The summed E-state index contributed by atoms with van der Waals surface area (Å²) < 4.78 is 5.45. The summed E-state index contributed by atoms with van der Waals surface area (Å²) in [6.07, 6.45) is -0.508. The van der Waals surface area contributed by atoms with Gasteiger partial charge >= 0.3 is 0 Å². The summed E-state index contributed by atoms with van der Waals surface area (Å²) >= 11 is 6.01. The average molecular weight is 272 g/mol. The van der Waals surface area contributed by atoms with Crippen LogP contribution < -0.4 is 5.32 Å². The van der Waals surface area contributed by atoms with Gasteiger partial charge in [-0.2, -0.15) is 0 Å². The first-order valence-electron chi connectivity index (χ1n) is 6.13. The molecule has 0 radical (unpaired) electrons. The van der Waals surface area contributed by atoms with Crippen molar-refractivity contribution in [2.24, 2.45) is 0 Å². The number of aliphatic hydroxyl groups is 1. The molecule has 0 spiro atoms. The lowest BCUT2D eigenvalue weighted by Crippen LogP contribution is -2.42. The maximum atomic E-state index is 9.74. The third-order valence-corrected chi connectivity index (χ3v) is 2.76. The standard InChI is InChI=1S/C14H22ClNO2/c1-14(2,3)16-8-12(17)10-18-9-11-6-4-5-7-13(11)15/h4-7,12,16-17H,8-10H2,1-3H3. The molecule has 0 aliphatic carbocycles. The summed E-state index contributed by atoms with van der Waals surface area (Å²) in [5.74, 6) is 0. The maximum Gasteiger partial charge on any atom is 0.0898 e. The summed E-state index contributed by atoms with van der Waals surface area (Å²) in [6, 6.07) is 7.55. The second-order valence-corrected chi connectivity index (χ2v) is 5.80. The zero-order valence-corrected chi connectivity index (χ0v) is 12.0. The van der Waals surface area contributed by atoms with Gasteiger partial charge in [0.05, 0.1) is 19.3 Å². The predicted molar refractivity (Wildman–Crippen MR) is 74.9 cm³/mol. The summed E-state index contributed by atoms with van der Waals surface area (Å²) in [6.45, 7) is 7.42. The van der Waals surface area contributed by atoms with Crippen LogP contribution in [0.4, 0.5) is 0 Å². The van der Waals surface area contributed by atoms with Crippen molar-refractivity contribution in [1.82, 2.24) is 5.32 Å². The zero-order chi connectivity index (χ0) is 13.6. The fraction of sp³-hybridized carbons (Fsp3) is 0.571. The van der Waals surface area contributed by atoms with E-state index in [0.29, 0.717) is 24.8 Å². The summed E-state index contributed by atoms with van der Waals surface area (Å²) in [5.41, 5.74) is 0.944. The molecule has 1 aromatic rings. The van der Waals surface area contributed by atoms with Crippen molar-refractivity contribution in [2.45, 2.75) is 39.0 Å². The van der Waals surface area contributed by atoms with Crippen LogP contribution in [0.15, 0.2) is 24.3 Å². The Hall–Kier alpha value is -0.610. The van der Waals surface area contributed by atoms with Gasteiger partial charge in [-0.25, -0.2) is 0 Å². The highest BCUT2D eigenvalue weighted by molar-refractivity contribution is 6.31. The average Bonchev–Trinajstić information content (AvgIpc) is 2.28. The van der Waals surface area contributed by atoms with Gasteiger partial charge in [-0.15, -0.1) is 0 Å². The highest BCUT2D eigenvalue weighted by Gasteiger charge is 2.12. The van der Waals surface area contributed by atoms with E-state index in [4.69, 9.17) is 16.3 Å². The first kappa shape index (κ1) is 15.4. The van der Waals surface area contributed by atoms with E-state index in [1.807, 2.05) is 24.3 Å². The van der Waals surface area contributed by atoms with E-state index >= 15 is 0 Å². The maximum absolute atomic E-state index is 9.74. The van der Waals surface area contributed by atoms with Crippen molar-refractivity contribution in [3.63, 3.8) is 0 Å². The third-order valence-electron chi connectivity index (χ3n) is 2.39. The quantitative estimate of drug-likeness (QED) is 0.836. The molecule has 1 rings (SSSR count). The lowest BCUT2D eigenvalue weighted by Gasteiger charge is -2.22. The fourth-order valence-electron chi connectivity index (χ4n) is 1.40. The van der Waals surface area contributed by atoms with Gasteiger partial charge in [0.25, 0.3) is 0 Å². The molecular weight excluding hydrogens is 250 g/mol. The molecular formula is C14H22ClNO2. The number of benzene rings is 1. The molecule has 0 aliphatic heterocycles. The number of ether oxygens (including phenoxy) is 1. The highest BCUT2D eigenvalue weighted by Crippen LogP contribution is 2.15. The number of hydrogen-bond donors (Lipinski definition) is 2. The molecule has 0 aliphatic rings. The number of halogens is 1. The predicted octanol–water partition coefficient (Wildman–Crippen LogP) is 2.61. The van der Waals surface area contributed by atoms with E-state index in [-0.39, 0.29) is 5.54 Å². The van der Waals surface area contributed by atoms with Crippen LogP contribution in [0, 0.1) is 0 Å². The Labute approximate surface area is 114 Å². The van der Waals surface area contributed by atoms with Crippen molar-refractivity contribution in [3.8, 4) is 0 Å². The second kappa shape index (κ2) is 7.10. The molecule has 0 aromatic heterocycles. The van der Waals surface area contributed by atoms with Crippen molar-refractivity contribution in [3.05, 3.63) is 34.9 Å². The fourth-order valence-corrected chi connectivity index (χ4v) is 1.59. The second-order valence-electron chi connectivity index (χ2n) is 5.39. The smallest absolute Gasteiger partial charge is 0.0898 e. The third kappa shape index (κ3) is 6.36. The van der Waals surface area contributed by atoms with Crippen LogP contribution in [0.1, 0.15) is 26.3 Å². The minimum absolute atomic E-state index is 0.00369. The van der Waals surface area contributed by atoms with E-state index in [1.165, 1.54) is 0 Å². The normalized spacial score (nSPS) is 13.6. The van der Waals surface area contributed by atoms with E-state index in [2.05, 4.69) is 26.1 Å². The molecule has 0 heterocycles. The van der Waals surface area contributed by atoms with Gasteiger partial charge in [0.15, 0.2) is 0 Å². The van der Waals surface area contributed by atoms with Crippen LogP contribution in [-0.4, -0.2) is 29.9 Å². The van der Waals surface area contributed by atoms with E-state index in [0.717, 1.165) is 5.56 Å². The van der Waals surface area contributed by atoms with E-state index < -0.39 is 6.10 Å². The van der Waals surface area contributed by atoms with Crippen LogP contribution in [0.2, 0.25) is 5.02 Å². The summed E-state index contributed by atoms with van der Waals surface area (Å²) in [4.78, 5) is 0. The number of β-amino-alcohol motifs (C(OH)–C–C–N with tert-alkyl or cyclic N) is 1. The van der Waals surface area contributed by atoms with Crippen molar-refractivity contribution in [1.29, 1.82) is 0 Å². The number of aliphatic hydroxyl groups excluding tert-OH is 1. The molecule has 2 N–H and O–H groups in total. The van der Waals surface area contributed by atoms with Gasteiger partial charge in [0.1, 0.15) is 0 Å². The monoisotopic (exact) mass is 271 g/mol. The van der Waals surface area contributed by atoms with Crippen molar-refractivity contribution >= 4 is 11.6 Å². The minimum Gasteiger partial charge on any atom is -0.389 e. The van der Waals surface area contributed by atoms with Gasteiger partial charge in [-0.1, -0.05) is 29.8 Å². The van der Waals surface area contributed by atoms with Crippen LogP contribution in [0.25, 0.3) is 0 Å². The van der Waals surface area contributed by atoms with Crippen LogP contribution in [-0.2, 0) is 11.3 Å². The largest absolute Gasteiger partial charge is 0.389 e. The molecule has 0 saturated carbocycles. The number of nitrogens with one attached hydrogen (secondary N) is 1. The molecule has 1 atom stereocenters. The van der Waals surface area contributed by atoms with Gasteiger partial charge in [-0.3, -0.25) is 0 Å². The van der Waals surface area contributed by atoms with E-state index in [1.54, 1.807) is 0 Å². The highest BCUT2D eigenvalue weighted by atomic mass is 35.5. The van der Waals surface area contributed by atoms with Crippen molar-refractivity contribution < 1.29 is 9.84 Å². The van der Waals surface area contributed by atoms with Gasteiger partial charge in [0.2, 0.25) is 0 Å². The zero-order valence-electron chi connectivity index (χ0n) is 11.2. The molecule has 18 heavy (non-hydrogen) atoms. The van der Waals surface area contributed by atoms with Crippen LogP contribution in [0.5, 0.6) is 0 Å². The van der Waals surface area contributed by atoms with E-state index in [9.17, 15) is 5.11 Å². The Balaban J connectivity index is 2.24. The lowest BCUT2D eigenvalue weighted by molar-refractivity contribution is 0.0262. The van der Waals surface area contributed by atoms with Gasteiger partial charge in [0, 0.05) is 17.1 Å². The molecule has 0 saturated heterocycles. The van der Waals surface area contributed by atoms with Gasteiger partial charge in [-0.05, 0) is 32.4 Å². The Morgan fingerprint density at radius 2 is 2.00 bits per heavy atom. The Morgan fingerprint density at radius 1 is 1.33 bits per heavy atom. The molecule has 0 bridgehead atoms.